The third-order valence-corrected chi connectivity index (χ3v) is 4.84. The number of hydrogen-bond acceptors (Lipinski definition) is 4. The van der Waals surface area contributed by atoms with Crippen molar-refractivity contribution in [2.24, 2.45) is 11.5 Å². The zero-order valence-corrected chi connectivity index (χ0v) is 15.9. The molecule has 3 aromatic rings. The topological polar surface area (TPSA) is 86.2 Å². The Labute approximate surface area is 165 Å². The van der Waals surface area contributed by atoms with Gasteiger partial charge in [0.2, 0.25) is 0 Å². The Kier molecular flexibility index (Phi) is 5.83. The largest absolute Gasteiger partial charge is 0.324 e. The van der Waals surface area contributed by atoms with Gasteiger partial charge in [0.25, 0.3) is 0 Å². The van der Waals surface area contributed by atoms with E-state index < -0.39 is 5.54 Å². The van der Waals surface area contributed by atoms with Gasteiger partial charge in [-0.05, 0) is 30.0 Å². The summed E-state index contributed by atoms with van der Waals surface area (Å²) in [6.07, 6.45) is 0.418. The molecule has 1 atom stereocenters. The van der Waals surface area contributed by atoms with Crippen molar-refractivity contribution in [1.29, 1.82) is 0 Å². The van der Waals surface area contributed by atoms with Crippen LogP contribution in [0.3, 0.4) is 0 Å². The zero-order chi connectivity index (χ0) is 20.1. The molecule has 0 radical (unpaired) electrons. The molecule has 0 amide bonds. The molecule has 4 nitrogen and oxygen atoms in total. The number of Topliss-reactive ketones (excluding diaryl/α,β-unsaturated/α-hetero) is 1. The summed E-state index contributed by atoms with van der Waals surface area (Å²) >= 11 is 0. The average Bonchev–Trinajstić information content (AvgIpc) is 2.73. The van der Waals surface area contributed by atoms with Gasteiger partial charge in [-0.1, -0.05) is 78.9 Å². The second-order valence-corrected chi connectivity index (χ2v) is 7.19. The van der Waals surface area contributed by atoms with E-state index in [-0.39, 0.29) is 18.1 Å². The van der Waals surface area contributed by atoms with E-state index in [0.29, 0.717) is 17.5 Å². The molecular weight excluding hydrogens is 348 g/mol. The predicted octanol–water partition coefficient (Wildman–Crippen LogP) is 3.37. The summed E-state index contributed by atoms with van der Waals surface area (Å²) in [4.78, 5) is 24.5. The molecule has 0 aliphatic rings. The van der Waals surface area contributed by atoms with Crippen LogP contribution in [-0.2, 0) is 11.2 Å². The second-order valence-electron chi connectivity index (χ2n) is 7.19. The highest BCUT2D eigenvalue weighted by atomic mass is 16.1. The maximum Gasteiger partial charge on any atom is 0.193 e. The van der Waals surface area contributed by atoms with Gasteiger partial charge in [-0.15, -0.1) is 0 Å². The van der Waals surface area contributed by atoms with E-state index in [9.17, 15) is 9.59 Å². The van der Waals surface area contributed by atoms with Crippen LogP contribution in [0.2, 0.25) is 0 Å². The Morgan fingerprint density at radius 1 is 0.821 bits per heavy atom. The van der Waals surface area contributed by atoms with E-state index in [0.717, 1.165) is 16.7 Å². The third-order valence-electron chi connectivity index (χ3n) is 4.84. The highest BCUT2D eigenvalue weighted by molar-refractivity contribution is 6.09. The molecule has 1 unspecified atom stereocenters. The lowest BCUT2D eigenvalue weighted by Gasteiger charge is -2.22. The molecule has 0 aliphatic carbocycles. The second kappa shape index (κ2) is 8.30. The van der Waals surface area contributed by atoms with Crippen LogP contribution < -0.4 is 11.5 Å². The van der Waals surface area contributed by atoms with Crippen molar-refractivity contribution in [3.63, 3.8) is 0 Å². The average molecular weight is 372 g/mol. The van der Waals surface area contributed by atoms with Crippen molar-refractivity contribution in [1.82, 2.24) is 0 Å². The fourth-order valence-corrected chi connectivity index (χ4v) is 3.19. The normalized spacial score (nSPS) is 13.0. The van der Waals surface area contributed by atoms with Gasteiger partial charge in [0.05, 0.1) is 12.1 Å². The van der Waals surface area contributed by atoms with Gasteiger partial charge in [0.15, 0.2) is 11.6 Å². The van der Waals surface area contributed by atoms with Crippen LogP contribution in [0, 0.1) is 0 Å². The molecule has 4 heteroatoms. The Balaban J connectivity index is 1.81. The van der Waals surface area contributed by atoms with Gasteiger partial charge >= 0.3 is 0 Å². The van der Waals surface area contributed by atoms with Crippen molar-refractivity contribution in [3.05, 3.63) is 95.6 Å². The maximum atomic E-state index is 12.5. The Morgan fingerprint density at radius 2 is 1.46 bits per heavy atom. The smallest absolute Gasteiger partial charge is 0.193 e. The summed E-state index contributed by atoms with van der Waals surface area (Å²) in [5.41, 5.74) is 14.9. The summed E-state index contributed by atoms with van der Waals surface area (Å²) in [7, 11) is 0. The minimum Gasteiger partial charge on any atom is -0.324 e. The van der Waals surface area contributed by atoms with Crippen LogP contribution in [0.15, 0.2) is 78.9 Å². The van der Waals surface area contributed by atoms with Crippen LogP contribution in [0.1, 0.15) is 28.4 Å². The highest BCUT2D eigenvalue weighted by Gasteiger charge is 2.27. The lowest BCUT2D eigenvalue weighted by molar-refractivity contribution is -0.122. The third kappa shape index (κ3) is 4.42. The molecule has 0 aromatic heterocycles. The fourth-order valence-electron chi connectivity index (χ4n) is 3.19. The summed E-state index contributed by atoms with van der Waals surface area (Å²) in [6, 6.07) is 24.7. The van der Waals surface area contributed by atoms with Gasteiger partial charge in [0, 0.05) is 11.1 Å². The molecule has 0 spiro atoms. The molecule has 0 saturated carbocycles. The summed E-state index contributed by atoms with van der Waals surface area (Å²) in [6.45, 7) is 1.64. The number of hydrogen-bond donors (Lipinski definition) is 2. The molecule has 3 aromatic carbocycles. The SMILES string of the molecule is CC(N)(Cc1cccc(-c2ccc(C(=O)c3ccccc3)cc2)c1)C(=O)CN. The van der Waals surface area contributed by atoms with Crippen LogP contribution in [0.5, 0.6) is 0 Å². The molecular formula is C24H24N2O2. The first-order valence-electron chi connectivity index (χ1n) is 9.22. The van der Waals surface area contributed by atoms with Crippen LogP contribution in [0.4, 0.5) is 0 Å². The highest BCUT2D eigenvalue weighted by Crippen LogP contribution is 2.23. The predicted molar refractivity (Wildman–Crippen MR) is 112 cm³/mol. The van der Waals surface area contributed by atoms with Crippen molar-refractivity contribution in [2.75, 3.05) is 6.54 Å². The molecule has 0 fully saturated rings. The number of carbonyl (C=O) groups is 2. The lowest BCUT2D eigenvalue weighted by atomic mass is 9.88. The van der Waals surface area contributed by atoms with E-state index in [1.807, 2.05) is 78.9 Å². The zero-order valence-electron chi connectivity index (χ0n) is 15.9. The van der Waals surface area contributed by atoms with Crippen molar-refractivity contribution < 1.29 is 9.59 Å². The van der Waals surface area contributed by atoms with Gasteiger partial charge in [-0.3, -0.25) is 9.59 Å². The Hall–Kier alpha value is -3.08. The maximum absolute atomic E-state index is 12.5. The fraction of sp³-hybridized carbons (Fsp3) is 0.167. The van der Waals surface area contributed by atoms with Gasteiger partial charge in [0.1, 0.15) is 0 Å². The number of benzene rings is 3. The Bertz CT molecular complexity index is 977. The van der Waals surface area contributed by atoms with Gasteiger partial charge in [-0.2, -0.15) is 0 Å². The minimum absolute atomic E-state index is 0.0000889. The molecule has 0 saturated heterocycles. The molecule has 0 heterocycles. The molecule has 0 aliphatic heterocycles. The molecule has 28 heavy (non-hydrogen) atoms. The minimum atomic E-state index is -0.987. The van der Waals surface area contributed by atoms with E-state index in [1.54, 1.807) is 6.92 Å². The van der Waals surface area contributed by atoms with E-state index in [4.69, 9.17) is 11.5 Å². The molecule has 142 valence electrons. The van der Waals surface area contributed by atoms with E-state index in [1.165, 1.54) is 0 Å². The Morgan fingerprint density at radius 3 is 2.11 bits per heavy atom. The monoisotopic (exact) mass is 372 g/mol. The van der Waals surface area contributed by atoms with Crippen molar-refractivity contribution in [3.8, 4) is 11.1 Å². The molecule has 4 N–H and O–H groups in total. The van der Waals surface area contributed by atoms with Crippen LogP contribution in [0.25, 0.3) is 11.1 Å². The quantitative estimate of drug-likeness (QED) is 0.623. The number of ketones is 2. The van der Waals surface area contributed by atoms with E-state index >= 15 is 0 Å². The van der Waals surface area contributed by atoms with Crippen molar-refractivity contribution in [2.45, 2.75) is 18.9 Å². The van der Waals surface area contributed by atoms with Gasteiger partial charge < -0.3 is 11.5 Å². The summed E-state index contributed by atoms with van der Waals surface area (Å²) < 4.78 is 0. The number of nitrogens with two attached hydrogens (primary N) is 2. The standard InChI is InChI=1S/C24H24N2O2/c1-24(26,22(27)16-25)15-17-6-5-9-21(14-17)18-10-12-20(13-11-18)23(28)19-7-3-2-4-8-19/h2-14H,15-16,25-26H2,1H3. The first kappa shape index (κ1) is 19.7. The van der Waals surface area contributed by atoms with Gasteiger partial charge in [-0.25, -0.2) is 0 Å². The first-order valence-corrected chi connectivity index (χ1v) is 9.22. The first-order chi connectivity index (χ1) is 13.4. The summed E-state index contributed by atoms with van der Waals surface area (Å²) in [5, 5.41) is 0. The number of rotatable bonds is 7. The number of carbonyl (C=O) groups excluding carboxylic acids is 2. The van der Waals surface area contributed by atoms with E-state index in [2.05, 4.69) is 0 Å². The summed E-state index contributed by atoms with van der Waals surface area (Å²) in [5.74, 6) is -0.165. The molecule has 0 bridgehead atoms. The van der Waals surface area contributed by atoms with Crippen LogP contribution in [-0.4, -0.2) is 23.7 Å². The lowest BCUT2D eigenvalue weighted by Crippen LogP contribution is -2.49. The molecule has 3 rings (SSSR count). The van der Waals surface area contributed by atoms with Crippen molar-refractivity contribution >= 4 is 11.6 Å². The van der Waals surface area contributed by atoms with Crippen LogP contribution >= 0.6 is 0 Å².